The molecule has 0 radical (unpaired) electrons. The molecule has 5 nitrogen and oxygen atoms in total. The van der Waals surface area contributed by atoms with Crippen LogP contribution in [0.5, 0.6) is 0 Å². The number of nitrogens with zero attached hydrogens (tertiary/aromatic N) is 5. The van der Waals surface area contributed by atoms with E-state index in [1.165, 1.54) is 6.92 Å². The van der Waals surface area contributed by atoms with Gasteiger partial charge in [0.05, 0.1) is 11.1 Å². The van der Waals surface area contributed by atoms with E-state index in [0.717, 1.165) is 44.1 Å². The molecule has 1 fully saturated rings. The van der Waals surface area contributed by atoms with Gasteiger partial charge in [0.1, 0.15) is 17.3 Å². The molecule has 0 aliphatic carbocycles. The first kappa shape index (κ1) is 20.9. The molecule has 0 atom stereocenters. The summed E-state index contributed by atoms with van der Waals surface area (Å²) in [6, 6.07) is 3.49. The zero-order valence-corrected chi connectivity index (χ0v) is 17.6. The maximum atomic E-state index is 14.8. The third kappa shape index (κ3) is 3.74. The van der Waals surface area contributed by atoms with Crippen molar-refractivity contribution >= 4 is 28.7 Å². The van der Waals surface area contributed by atoms with Crippen LogP contribution in [-0.4, -0.2) is 51.5 Å². The summed E-state index contributed by atoms with van der Waals surface area (Å²) < 4.78 is 58.4. The maximum absolute atomic E-state index is 14.8. The minimum Gasteiger partial charge on any atom is -0.354 e. The highest BCUT2D eigenvalue weighted by molar-refractivity contribution is 7.96. The lowest BCUT2D eigenvalue weighted by Crippen LogP contribution is -2.43. The van der Waals surface area contributed by atoms with Gasteiger partial charge in [-0.3, -0.25) is 4.68 Å². The van der Waals surface area contributed by atoms with Crippen molar-refractivity contribution in [1.82, 2.24) is 19.1 Å². The van der Waals surface area contributed by atoms with Crippen molar-refractivity contribution in [2.45, 2.75) is 13.1 Å². The summed E-state index contributed by atoms with van der Waals surface area (Å²) in [6.45, 7) is 4.79. The molecule has 0 spiro atoms. The maximum Gasteiger partial charge on any atom is 0.416 e. The molecular weight excluding hydrogens is 418 g/mol. The van der Waals surface area contributed by atoms with Gasteiger partial charge in [0.25, 0.3) is 0 Å². The lowest BCUT2D eigenvalue weighted by Gasteiger charge is -2.33. The number of hydrogen-bond donors (Lipinski definition) is 0. The predicted molar refractivity (Wildman–Crippen MR) is 111 cm³/mol. The largest absolute Gasteiger partial charge is 0.416 e. The van der Waals surface area contributed by atoms with Crippen molar-refractivity contribution < 1.29 is 17.6 Å². The number of pyridine rings is 1. The van der Waals surface area contributed by atoms with Gasteiger partial charge in [0.15, 0.2) is 0 Å². The van der Waals surface area contributed by atoms with Crippen LogP contribution in [0.2, 0.25) is 0 Å². The van der Waals surface area contributed by atoms with E-state index in [4.69, 9.17) is 0 Å². The van der Waals surface area contributed by atoms with Gasteiger partial charge in [-0.15, -0.1) is 0 Å². The third-order valence-electron chi connectivity index (χ3n) is 5.38. The number of rotatable bonds is 3. The van der Waals surface area contributed by atoms with Crippen LogP contribution in [0.1, 0.15) is 11.1 Å². The van der Waals surface area contributed by atoms with E-state index in [1.807, 2.05) is 12.3 Å². The Kier molecular flexibility index (Phi) is 5.39. The Morgan fingerprint density at radius 1 is 1.07 bits per heavy atom. The number of fused-ring (bicyclic) bond motifs is 1. The first-order valence-electron chi connectivity index (χ1n) is 9.43. The Morgan fingerprint density at radius 3 is 2.40 bits per heavy atom. The van der Waals surface area contributed by atoms with E-state index in [-0.39, 0.29) is 16.8 Å². The second kappa shape index (κ2) is 7.73. The highest BCUT2D eigenvalue weighted by Crippen LogP contribution is 2.37. The van der Waals surface area contributed by atoms with Crippen LogP contribution >= 0.6 is 11.9 Å². The van der Waals surface area contributed by atoms with Crippen molar-refractivity contribution in [3.8, 4) is 11.3 Å². The number of piperazine rings is 1. The summed E-state index contributed by atoms with van der Waals surface area (Å²) >= 11 is 1.71. The molecule has 4 rings (SSSR count). The molecule has 0 bridgehead atoms. The molecule has 0 amide bonds. The molecule has 160 valence electrons. The number of aryl methyl sites for hydroxylation is 2. The zero-order chi connectivity index (χ0) is 21.6. The molecule has 0 N–H and O–H groups in total. The molecular formula is C20H21F4N5S. The molecule has 0 saturated carbocycles. The van der Waals surface area contributed by atoms with Crippen molar-refractivity contribution in [3.05, 3.63) is 41.3 Å². The number of alkyl halides is 3. The minimum absolute atomic E-state index is 0.0742. The van der Waals surface area contributed by atoms with Crippen LogP contribution in [0, 0.1) is 12.7 Å². The van der Waals surface area contributed by atoms with Gasteiger partial charge in [-0.1, -0.05) is 11.9 Å². The smallest absolute Gasteiger partial charge is 0.354 e. The summed E-state index contributed by atoms with van der Waals surface area (Å²) in [5.41, 5.74) is -0.292. The minimum atomic E-state index is -4.57. The standard InChI is InChI=1S/C20H21F4N5S/c1-12-8-13(20(22,23)24)9-14(18(12)21)19-15-11-25-17(10-16(15)27(2)26-19)28-4-6-29(30-3)7-5-28/h8-11H,4-7H2,1-3H3. The first-order valence-corrected chi connectivity index (χ1v) is 10.6. The van der Waals surface area contributed by atoms with E-state index in [1.54, 1.807) is 29.9 Å². The molecule has 1 aromatic carbocycles. The topological polar surface area (TPSA) is 37.2 Å². The van der Waals surface area contributed by atoms with Crippen LogP contribution < -0.4 is 4.90 Å². The Bertz CT molecular complexity index is 1090. The monoisotopic (exact) mass is 439 g/mol. The average molecular weight is 439 g/mol. The fraction of sp³-hybridized carbons (Fsp3) is 0.400. The van der Waals surface area contributed by atoms with Crippen LogP contribution in [-0.2, 0) is 13.2 Å². The van der Waals surface area contributed by atoms with Gasteiger partial charge in [-0.2, -0.15) is 18.3 Å². The van der Waals surface area contributed by atoms with Gasteiger partial charge in [0, 0.05) is 56.4 Å². The van der Waals surface area contributed by atoms with Gasteiger partial charge in [-0.25, -0.2) is 13.7 Å². The Labute approximate surface area is 175 Å². The second-order valence-electron chi connectivity index (χ2n) is 7.28. The van der Waals surface area contributed by atoms with Crippen LogP contribution in [0.4, 0.5) is 23.4 Å². The van der Waals surface area contributed by atoms with E-state index in [2.05, 4.69) is 19.3 Å². The van der Waals surface area contributed by atoms with Crippen LogP contribution in [0.15, 0.2) is 24.4 Å². The summed E-state index contributed by atoms with van der Waals surface area (Å²) in [4.78, 5) is 6.67. The first-order chi connectivity index (χ1) is 14.2. The third-order valence-corrected chi connectivity index (χ3v) is 6.26. The molecule has 0 unspecified atom stereocenters. The Hall–Kier alpha value is -2.33. The quantitative estimate of drug-likeness (QED) is 0.444. The number of aromatic nitrogens is 3. The fourth-order valence-electron chi connectivity index (χ4n) is 3.72. The predicted octanol–water partition coefficient (Wildman–Crippen LogP) is 4.50. The molecule has 1 aliphatic rings. The Morgan fingerprint density at radius 2 is 1.77 bits per heavy atom. The molecule has 1 saturated heterocycles. The molecule has 3 heterocycles. The highest BCUT2D eigenvalue weighted by atomic mass is 32.2. The second-order valence-corrected chi connectivity index (χ2v) is 8.16. The SMILES string of the molecule is CSN1CCN(c2cc3c(cn2)c(-c2cc(C(F)(F)F)cc(C)c2F)nn3C)CC1. The number of anilines is 1. The lowest BCUT2D eigenvalue weighted by molar-refractivity contribution is -0.137. The van der Waals surface area contributed by atoms with Crippen LogP contribution in [0.3, 0.4) is 0 Å². The number of halogens is 4. The zero-order valence-electron chi connectivity index (χ0n) is 16.8. The van der Waals surface area contributed by atoms with Crippen molar-refractivity contribution in [2.75, 3.05) is 37.3 Å². The molecule has 1 aliphatic heterocycles. The molecule has 30 heavy (non-hydrogen) atoms. The highest BCUT2D eigenvalue weighted by Gasteiger charge is 2.33. The molecule has 10 heteroatoms. The molecule has 2 aromatic heterocycles. The van der Waals surface area contributed by atoms with E-state index in [0.29, 0.717) is 10.9 Å². The molecule has 3 aromatic rings. The van der Waals surface area contributed by atoms with Gasteiger partial charge >= 0.3 is 6.18 Å². The number of benzene rings is 1. The summed E-state index contributed by atoms with van der Waals surface area (Å²) in [5.74, 6) is 0.0683. The van der Waals surface area contributed by atoms with Gasteiger partial charge < -0.3 is 4.90 Å². The van der Waals surface area contributed by atoms with Gasteiger partial charge in [0.2, 0.25) is 0 Å². The fourth-order valence-corrected chi connectivity index (χ4v) is 4.25. The normalized spacial score (nSPS) is 15.9. The van der Waals surface area contributed by atoms with Crippen molar-refractivity contribution in [3.63, 3.8) is 0 Å². The van der Waals surface area contributed by atoms with E-state index >= 15 is 0 Å². The van der Waals surface area contributed by atoms with Crippen LogP contribution in [0.25, 0.3) is 22.2 Å². The van der Waals surface area contributed by atoms with Crippen molar-refractivity contribution in [1.29, 1.82) is 0 Å². The summed E-state index contributed by atoms with van der Waals surface area (Å²) in [5, 5.41) is 4.85. The average Bonchev–Trinajstić information content (AvgIpc) is 3.05. The Balaban J connectivity index is 1.77. The van der Waals surface area contributed by atoms with E-state index < -0.39 is 17.6 Å². The van der Waals surface area contributed by atoms with E-state index in [9.17, 15) is 17.6 Å². The van der Waals surface area contributed by atoms with Gasteiger partial charge in [-0.05, 0) is 30.9 Å². The summed E-state index contributed by atoms with van der Waals surface area (Å²) in [6.07, 6.45) is -0.948. The summed E-state index contributed by atoms with van der Waals surface area (Å²) in [7, 11) is 1.69. The lowest BCUT2D eigenvalue weighted by atomic mass is 10.0. The number of hydrogen-bond acceptors (Lipinski definition) is 5. The van der Waals surface area contributed by atoms with Crippen molar-refractivity contribution in [2.24, 2.45) is 7.05 Å².